The van der Waals surface area contributed by atoms with Crippen molar-refractivity contribution in [2.24, 2.45) is 0 Å². The van der Waals surface area contributed by atoms with Crippen molar-refractivity contribution in [3.8, 4) is 22.6 Å². The van der Waals surface area contributed by atoms with Crippen molar-refractivity contribution < 1.29 is 25.0 Å². The van der Waals surface area contributed by atoms with E-state index in [0.717, 1.165) is 11.1 Å². The quantitative estimate of drug-likeness (QED) is 0.319. The number of benzene rings is 2. The van der Waals surface area contributed by atoms with Crippen LogP contribution in [0.4, 0.5) is 11.6 Å². The third-order valence-electron chi connectivity index (χ3n) is 3.73. The van der Waals surface area contributed by atoms with Crippen LogP contribution in [0, 0.1) is 13.8 Å². The van der Waals surface area contributed by atoms with Gasteiger partial charge in [-0.25, -0.2) is 0 Å². The Labute approximate surface area is 185 Å². The number of halogens is 2. The maximum atomic E-state index is 5.44. The van der Waals surface area contributed by atoms with Gasteiger partial charge in [-0.15, -0.1) is 0 Å². The van der Waals surface area contributed by atoms with E-state index in [9.17, 15) is 0 Å². The van der Waals surface area contributed by atoms with E-state index in [2.05, 4.69) is 10.3 Å². The number of nitrogens with zero attached hydrogens (tertiary/aromatic N) is 2. The fraction of sp³-hybridized carbons (Fsp3) is 0.100. The summed E-state index contributed by atoms with van der Waals surface area (Å²) in [5, 5.41) is 7.24. The third kappa shape index (κ3) is 7.56. The molecule has 29 heavy (non-hydrogen) atoms. The molecule has 0 unspecified atom stereocenters. The predicted molar refractivity (Wildman–Crippen MR) is 114 cm³/mol. The number of aryl methyl sites for hydroxylation is 2. The summed E-state index contributed by atoms with van der Waals surface area (Å²) in [5.74, 6) is 2.24. The molecule has 0 aliphatic carbocycles. The van der Waals surface area contributed by atoms with Crippen LogP contribution >= 0.6 is 19.1 Å². The topological polar surface area (TPSA) is 104 Å². The maximum absolute atomic E-state index is 5.44. The van der Waals surface area contributed by atoms with Gasteiger partial charge in [0.25, 0.3) is 0 Å². The predicted octanol–water partition coefficient (Wildman–Crippen LogP) is 5.84. The van der Waals surface area contributed by atoms with Gasteiger partial charge in [-0.2, -0.15) is 0 Å². The van der Waals surface area contributed by atoms with Crippen molar-refractivity contribution in [2.45, 2.75) is 13.8 Å². The van der Waals surface area contributed by atoms with Crippen LogP contribution in [0.15, 0.2) is 69.7 Å². The first-order valence-corrected chi connectivity index (χ1v) is 12.3. The average Bonchev–Trinajstić information content (AvgIpc) is 3.33. The number of hydrogen-bond donors (Lipinski definition) is 2. The Balaban J connectivity index is 0.000000183. The van der Waals surface area contributed by atoms with Crippen LogP contribution in [-0.4, -0.2) is 10.3 Å². The molecule has 4 aromatic rings. The van der Waals surface area contributed by atoms with E-state index >= 15 is 0 Å². The zero-order valence-electron chi connectivity index (χ0n) is 15.7. The van der Waals surface area contributed by atoms with Gasteiger partial charge < -0.3 is 20.5 Å². The molecule has 0 fully saturated rings. The van der Waals surface area contributed by atoms with Gasteiger partial charge >= 0.3 is 35.0 Å². The van der Waals surface area contributed by atoms with Crippen LogP contribution in [0.2, 0.25) is 0 Å². The summed E-state index contributed by atoms with van der Waals surface area (Å²) < 4.78 is 10.0. The SMILES string of the molecule is Cc1ccc(-c2cc(N)no2)cc1.Cc1ccc(-c2cc(N)no2)cc1.[Cl][Pd][Cl]. The molecular weight excluding hydrogens is 506 g/mol. The van der Waals surface area contributed by atoms with Crippen LogP contribution in [0.25, 0.3) is 22.6 Å². The number of hydrogen-bond acceptors (Lipinski definition) is 6. The van der Waals surface area contributed by atoms with Gasteiger partial charge in [-0.1, -0.05) is 70.0 Å². The van der Waals surface area contributed by atoms with Crippen LogP contribution in [0.1, 0.15) is 11.1 Å². The normalized spacial score (nSPS) is 9.93. The van der Waals surface area contributed by atoms with Gasteiger partial charge in [-0.3, -0.25) is 0 Å². The second-order valence-corrected chi connectivity index (χ2v) is 8.37. The molecular formula is C20H20Cl2N4O2Pd. The zero-order chi connectivity index (χ0) is 21.2. The summed E-state index contributed by atoms with van der Waals surface area (Å²) in [5.41, 5.74) is 15.3. The van der Waals surface area contributed by atoms with E-state index in [1.54, 1.807) is 12.1 Å². The molecule has 6 nitrogen and oxygen atoms in total. The third-order valence-corrected chi connectivity index (χ3v) is 3.73. The fourth-order valence-corrected chi connectivity index (χ4v) is 2.29. The van der Waals surface area contributed by atoms with Crippen molar-refractivity contribution in [2.75, 3.05) is 11.5 Å². The van der Waals surface area contributed by atoms with E-state index in [1.807, 2.05) is 62.4 Å². The summed E-state index contributed by atoms with van der Waals surface area (Å²) in [4.78, 5) is 0. The fourth-order valence-electron chi connectivity index (χ4n) is 2.29. The molecule has 156 valence electrons. The van der Waals surface area contributed by atoms with Gasteiger partial charge in [-0.05, 0) is 13.8 Å². The average molecular weight is 526 g/mol. The van der Waals surface area contributed by atoms with Crippen LogP contribution < -0.4 is 11.5 Å². The molecule has 4 N–H and O–H groups in total. The first kappa shape index (κ1) is 23.0. The molecule has 0 radical (unpaired) electrons. The van der Waals surface area contributed by atoms with Gasteiger partial charge in [0.05, 0.1) is 0 Å². The summed E-state index contributed by atoms with van der Waals surface area (Å²) in [7, 11) is 9.63. The van der Waals surface area contributed by atoms with Crippen LogP contribution in [0.3, 0.4) is 0 Å². The van der Waals surface area contributed by atoms with Gasteiger partial charge in [0, 0.05) is 23.3 Å². The van der Waals surface area contributed by atoms with E-state index in [4.69, 9.17) is 39.6 Å². The van der Waals surface area contributed by atoms with E-state index in [1.165, 1.54) is 11.1 Å². The molecule has 0 spiro atoms. The zero-order valence-corrected chi connectivity index (χ0v) is 18.8. The second kappa shape index (κ2) is 11.6. The minimum absolute atomic E-state index is 0.106. The van der Waals surface area contributed by atoms with E-state index in [0.29, 0.717) is 23.2 Å². The summed E-state index contributed by atoms with van der Waals surface area (Å²) >= 11 is -0.106. The van der Waals surface area contributed by atoms with Gasteiger partial charge in [0.2, 0.25) is 0 Å². The molecule has 2 aromatic carbocycles. The number of nitrogens with two attached hydrogens (primary N) is 2. The molecule has 2 aromatic heterocycles. The minimum atomic E-state index is -0.106. The molecule has 0 bridgehead atoms. The molecule has 0 saturated heterocycles. The van der Waals surface area contributed by atoms with Crippen molar-refractivity contribution in [3.63, 3.8) is 0 Å². The molecule has 0 atom stereocenters. The van der Waals surface area contributed by atoms with Crippen molar-refractivity contribution in [1.29, 1.82) is 0 Å². The number of aromatic nitrogens is 2. The number of nitrogen functional groups attached to an aromatic ring is 2. The summed E-state index contributed by atoms with van der Waals surface area (Å²) in [6.07, 6.45) is 0. The van der Waals surface area contributed by atoms with Crippen LogP contribution in [-0.2, 0) is 15.9 Å². The molecule has 9 heteroatoms. The molecule has 0 saturated carbocycles. The Hall–Kier alpha value is -2.30. The molecule has 0 amide bonds. The Bertz CT molecular complexity index is 920. The molecule has 2 heterocycles. The van der Waals surface area contributed by atoms with Gasteiger partial charge in [0.1, 0.15) is 0 Å². The Morgan fingerprint density at radius 2 is 1.00 bits per heavy atom. The Morgan fingerprint density at radius 3 is 1.24 bits per heavy atom. The molecule has 0 aliphatic rings. The Kier molecular flexibility index (Phi) is 9.23. The van der Waals surface area contributed by atoms with E-state index < -0.39 is 0 Å². The first-order valence-electron chi connectivity index (χ1n) is 8.33. The second-order valence-electron chi connectivity index (χ2n) is 6.01. The molecule has 4 rings (SSSR count). The first-order chi connectivity index (χ1) is 13.9. The van der Waals surface area contributed by atoms with Crippen molar-refractivity contribution in [3.05, 3.63) is 71.8 Å². The molecule has 0 aliphatic heterocycles. The number of rotatable bonds is 2. The summed E-state index contributed by atoms with van der Waals surface area (Å²) in [6.45, 7) is 4.08. The van der Waals surface area contributed by atoms with Crippen molar-refractivity contribution in [1.82, 2.24) is 10.3 Å². The summed E-state index contributed by atoms with van der Waals surface area (Å²) in [6, 6.07) is 19.4. The van der Waals surface area contributed by atoms with Gasteiger partial charge in [0.15, 0.2) is 23.2 Å². The van der Waals surface area contributed by atoms with E-state index in [-0.39, 0.29) is 15.9 Å². The number of anilines is 2. The monoisotopic (exact) mass is 524 g/mol. The standard InChI is InChI=1S/2C10H10N2O.2ClH.Pd/c2*1-7-2-4-8(5-3-7)9-6-10(11)12-13-9;;;/h2*2-6H,1H3,(H2,11,12);2*1H;/q;;;;+2/p-2. The van der Waals surface area contributed by atoms with Crippen molar-refractivity contribution >= 4 is 30.7 Å². The Morgan fingerprint density at radius 1 is 0.690 bits per heavy atom. The van der Waals surface area contributed by atoms with Crippen LogP contribution in [0.5, 0.6) is 0 Å².